The largest absolute Gasteiger partial charge is 0.545 e. The van der Waals surface area contributed by atoms with Crippen molar-refractivity contribution in [2.24, 2.45) is 0 Å². The predicted molar refractivity (Wildman–Crippen MR) is 274 cm³/mol. The number of nitrogens with zero attached hydrogens (tertiary/aromatic N) is 5. The molecular weight excluding hydrogens is 931 g/mol. The fourth-order valence-corrected chi connectivity index (χ4v) is 11.2. The van der Waals surface area contributed by atoms with E-state index in [1.165, 1.54) is 18.2 Å². The maximum absolute atomic E-state index is 14.8. The molecular formula is C57H56N5O9S+. The van der Waals surface area contributed by atoms with E-state index in [4.69, 9.17) is 4.42 Å². The summed E-state index contributed by atoms with van der Waals surface area (Å²) < 4.78 is 39.7. The number of para-hydroxylation sites is 2. The lowest BCUT2D eigenvalue weighted by Crippen LogP contribution is -2.49. The van der Waals surface area contributed by atoms with Gasteiger partial charge in [-0.05, 0) is 92.9 Å². The zero-order valence-electron chi connectivity index (χ0n) is 40.8. The quantitative estimate of drug-likeness (QED) is 0.0658. The SMILES string of the molecule is Cc1ccc(S(=O)(=O)N(CCCC(=O)O)C(=O)c2c3ccccc3[n+](CCCCN3CCN(C(=O)c4ccc(C(=O)[O-])c(-c5c6ccc(=[N+](C)C)cc-6oc6cc(C)ccc56)c4)CC3)c3ccccc23)cc1. The van der Waals surface area contributed by atoms with Crippen molar-refractivity contribution in [2.75, 3.05) is 53.4 Å². The summed E-state index contributed by atoms with van der Waals surface area (Å²) in [6.45, 7) is 7.19. The number of carbonyl (C=O) groups excluding carboxylic acids is 3. The molecule has 72 heavy (non-hydrogen) atoms. The number of aliphatic carboxylic acids is 1. The molecule has 1 aromatic heterocycles. The highest BCUT2D eigenvalue weighted by Gasteiger charge is 2.34. The lowest BCUT2D eigenvalue weighted by molar-refractivity contribution is -0.645. The molecule has 14 nitrogen and oxygen atoms in total. The highest BCUT2D eigenvalue weighted by molar-refractivity contribution is 7.89. The van der Waals surface area contributed by atoms with Gasteiger partial charge in [-0.1, -0.05) is 60.2 Å². The number of carboxylic acids is 2. The second-order valence-electron chi connectivity index (χ2n) is 18.7. The average Bonchev–Trinajstić information content (AvgIpc) is 3.37. The van der Waals surface area contributed by atoms with Crippen LogP contribution < -0.4 is 19.6 Å². The summed E-state index contributed by atoms with van der Waals surface area (Å²) in [6.07, 6.45) is 1.27. The van der Waals surface area contributed by atoms with Crippen molar-refractivity contribution in [3.8, 4) is 22.5 Å². The van der Waals surface area contributed by atoms with E-state index in [0.717, 1.165) is 56.6 Å². The number of sulfonamides is 1. The number of unbranched alkanes of at least 4 members (excludes halogenated alkanes) is 1. The number of aromatic carboxylic acids is 1. The monoisotopic (exact) mass is 986 g/mol. The molecule has 6 aromatic rings. The van der Waals surface area contributed by atoms with Gasteiger partial charge in [-0.15, -0.1) is 0 Å². The van der Waals surface area contributed by atoms with E-state index in [1.54, 1.807) is 24.3 Å². The third-order valence-corrected chi connectivity index (χ3v) is 15.4. The molecule has 0 spiro atoms. The Morgan fingerprint density at radius 3 is 2.06 bits per heavy atom. The van der Waals surface area contributed by atoms with E-state index < -0.39 is 27.9 Å². The van der Waals surface area contributed by atoms with Gasteiger partial charge in [0, 0.05) is 91.4 Å². The third-order valence-electron chi connectivity index (χ3n) is 13.6. The number of carboxylic acid groups (broad SMARTS) is 2. The first-order valence-corrected chi connectivity index (χ1v) is 25.6. The number of aryl methyl sites for hydroxylation is 3. The summed E-state index contributed by atoms with van der Waals surface area (Å²) in [6, 6.07) is 37.5. The van der Waals surface area contributed by atoms with Crippen LogP contribution in [0.15, 0.2) is 137 Å². The minimum absolute atomic E-state index is 0.0213. The number of pyridine rings is 1. The number of benzene rings is 6. The number of rotatable bonds is 15. The second kappa shape index (κ2) is 20.5. The number of carbonyl (C=O) groups is 4. The van der Waals surface area contributed by atoms with Crippen LogP contribution in [-0.4, -0.2) is 105 Å². The van der Waals surface area contributed by atoms with Crippen LogP contribution in [0.4, 0.5) is 0 Å². The topological polar surface area (TPSA) is 175 Å². The van der Waals surface area contributed by atoms with Crippen molar-refractivity contribution in [1.29, 1.82) is 0 Å². The molecule has 0 radical (unpaired) electrons. The van der Waals surface area contributed by atoms with Crippen LogP contribution in [0.1, 0.15) is 67.9 Å². The first-order chi connectivity index (χ1) is 34.6. The molecule has 0 saturated carbocycles. The first-order valence-electron chi connectivity index (χ1n) is 24.1. The minimum Gasteiger partial charge on any atom is -0.545 e. The van der Waals surface area contributed by atoms with Crippen molar-refractivity contribution >= 4 is 66.6 Å². The van der Waals surface area contributed by atoms with Gasteiger partial charge in [-0.3, -0.25) is 19.3 Å². The number of hydrogen-bond donors (Lipinski definition) is 1. The van der Waals surface area contributed by atoms with E-state index in [1.807, 2.05) is 122 Å². The van der Waals surface area contributed by atoms with Crippen molar-refractivity contribution in [3.05, 3.63) is 161 Å². The van der Waals surface area contributed by atoms with Gasteiger partial charge in [0.05, 0.1) is 33.3 Å². The Bertz CT molecular complexity index is 3540. The number of aromatic nitrogens is 1. The molecule has 368 valence electrons. The summed E-state index contributed by atoms with van der Waals surface area (Å²) in [7, 11) is -0.490. The number of hydrogen-bond acceptors (Lipinski definition) is 9. The molecule has 15 heteroatoms. The van der Waals surface area contributed by atoms with Crippen LogP contribution in [0.3, 0.4) is 0 Å². The molecule has 5 aromatic carbocycles. The van der Waals surface area contributed by atoms with Gasteiger partial charge in [-0.2, -0.15) is 4.57 Å². The Morgan fingerprint density at radius 1 is 0.736 bits per heavy atom. The van der Waals surface area contributed by atoms with Gasteiger partial charge in [0.1, 0.15) is 32.0 Å². The molecule has 9 rings (SSSR count). The van der Waals surface area contributed by atoms with E-state index in [-0.39, 0.29) is 41.3 Å². The summed E-state index contributed by atoms with van der Waals surface area (Å²) in [5.41, 5.74) is 6.29. The van der Waals surface area contributed by atoms with Crippen LogP contribution in [0, 0.1) is 13.8 Å². The Labute approximate surface area is 417 Å². The predicted octanol–water partition coefficient (Wildman–Crippen LogP) is 6.74. The zero-order valence-corrected chi connectivity index (χ0v) is 41.6. The second-order valence-corrected chi connectivity index (χ2v) is 20.6. The maximum Gasteiger partial charge on any atom is 0.303 e. The number of amides is 2. The summed E-state index contributed by atoms with van der Waals surface area (Å²) in [4.78, 5) is 57.3. The van der Waals surface area contributed by atoms with Crippen molar-refractivity contribution < 1.29 is 46.8 Å². The van der Waals surface area contributed by atoms with Crippen LogP contribution in [0.2, 0.25) is 0 Å². The van der Waals surface area contributed by atoms with Gasteiger partial charge in [0.2, 0.25) is 16.4 Å². The zero-order chi connectivity index (χ0) is 50.8. The van der Waals surface area contributed by atoms with E-state index in [0.29, 0.717) is 77.1 Å². The number of piperazine rings is 1. The van der Waals surface area contributed by atoms with Crippen molar-refractivity contribution in [1.82, 2.24) is 18.7 Å². The fourth-order valence-electron chi connectivity index (χ4n) is 9.83. The molecule has 3 aliphatic rings. The van der Waals surface area contributed by atoms with Gasteiger partial charge in [-0.25, -0.2) is 17.3 Å². The Hall–Kier alpha value is -7.75. The molecule has 1 N–H and O–H groups in total. The molecule has 0 atom stereocenters. The smallest absolute Gasteiger partial charge is 0.303 e. The highest BCUT2D eigenvalue weighted by Crippen LogP contribution is 2.42. The summed E-state index contributed by atoms with van der Waals surface area (Å²) in [5, 5.41) is 24.9. The standard InChI is InChI=1S/C57H55N5O9S/c1-37-17-22-41(23-18-37)72(69,70)62(29-11-16-52(63)64)56(66)54-43-12-5-7-14-48(43)61(49-15-8-6-13-44(49)54)28-10-9-27-59-30-32-60(33-31-59)55(65)39-20-25-42(57(67)68)47(35-39)53-45-24-19-38(2)34-50(45)71-51-36-40(58(3)4)21-26-46(51)53/h5-8,12-15,17-26,34-36H,9-11,16,27-33H2,1-4H3/p+1. The van der Waals surface area contributed by atoms with Crippen LogP contribution in [0.5, 0.6) is 0 Å². The van der Waals surface area contributed by atoms with Crippen molar-refractivity contribution in [2.45, 2.75) is 51.0 Å². The van der Waals surface area contributed by atoms with E-state index >= 15 is 0 Å². The van der Waals surface area contributed by atoms with Crippen LogP contribution in [0.25, 0.3) is 55.2 Å². The summed E-state index contributed by atoms with van der Waals surface area (Å²) in [5.74, 6) is -2.76. The molecule has 1 aliphatic carbocycles. The third kappa shape index (κ3) is 9.82. The van der Waals surface area contributed by atoms with Gasteiger partial charge >= 0.3 is 5.97 Å². The number of fused-ring (bicyclic) bond motifs is 4. The molecule has 3 heterocycles. The molecule has 1 saturated heterocycles. The van der Waals surface area contributed by atoms with Gasteiger partial charge in [0.25, 0.3) is 21.8 Å². The van der Waals surface area contributed by atoms with Crippen molar-refractivity contribution in [3.63, 3.8) is 0 Å². The van der Waals surface area contributed by atoms with Crippen LogP contribution >= 0.6 is 0 Å². The molecule has 0 unspecified atom stereocenters. The maximum atomic E-state index is 14.8. The van der Waals surface area contributed by atoms with Gasteiger partial charge in [0.15, 0.2) is 0 Å². The molecule has 0 bridgehead atoms. The van der Waals surface area contributed by atoms with Gasteiger partial charge < -0.3 is 24.3 Å². The van der Waals surface area contributed by atoms with E-state index in [9.17, 15) is 37.8 Å². The summed E-state index contributed by atoms with van der Waals surface area (Å²) >= 11 is 0. The average molecular weight is 987 g/mol. The Balaban J connectivity index is 0.914. The molecule has 1 fully saturated rings. The normalized spacial score (nSPS) is 13.2. The molecule has 2 amide bonds. The Morgan fingerprint density at radius 2 is 1.40 bits per heavy atom. The van der Waals surface area contributed by atoms with E-state index in [2.05, 4.69) is 9.47 Å². The lowest BCUT2D eigenvalue weighted by Gasteiger charge is -2.35. The van der Waals surface area contributed by atoms with Crippen LogP contribution in [-0.2, 0) is 21.4 Å². The fraction of sp³-hybridized carbons (Fsp3) is 0.263. The first kappa shape index (κ1) is 49.2. The molecule has 2 aliphatic heterocycles. The lowest BCUT2D eigenvalue weighted by atomic mass is 9.89. The highest BCUT2D eigenvalue weighted by atomic mass is 32.2. The Kier molecular flexibility index (Phi) is 14.0. The minimum atomic E-state index is -4.36.